The van der Waals surface area contributed by atoms with E-state index in [0.717, 1.165) is 28.0 Å². The predicted molar refractivity (Wildman–Crippen MR) is 83.5 cm³/mol. The molecule has 6 nitrogen and oxygen atoms in total. The summed E-state index contributed by atoms with van der Waals surface area (Å²) in [5.41, 5.74) is 4.16. The average molecular weight is 297 g/mol. The lowest BCUT2D eigenvalue weighted by Crippen LogP contribution is -2.22. The molecule has 3 rings (SSSR count). The average Bonchev–Trinajstić information content (AvgIpc) is 2.77. The Morgan fingerprint density at radius 1 is 1.23 bits per heavy atom. The largest absolute Gasteiger partial charge is 0.395 e. The zero-order valence-electron chi connectivity index (χ0n) is 12.7. The molecular weight excluding hydrogens is 278 g/mol. The van der Waals surface area contributed by atoms with Gasteiger partial charge in [0.2, 0.25) is 0 Å². The normalized spacial score (nSPS) is 11.2. The maximum absolute atomic E-state index is 9.22. The van der Waals surface area contributed by atoms with Gasteiger partial charge in [-0.1, -0.05) is 6.07 Å². The number of aliphatic hydroxyl groups is 1. The predicted octanol–water partition coefficient (Wildman–Crippen LogP) is 1.37. The van der Waals surface area contributed by atoms with Crippen LogP contribution in [0.15, 0.2) is 30.7 Å². The Labute approximate surface area is 128 Å². The highest BCUT2D eigenvalue weighted by molar-refractivity contribution is 5.80. The van der Waals surface area contributed by atoms with Crippen molar-refractivity contribution < 1.29 is 5.11 Å². The van der Waals surface area contributed by atoms with Crippen LogP contribution in [0.3, 0.4) is 0 Å². The fraction of sp³-hybridized carbons (Fsp3) is 0.312. The summed E-state index contributed by atoms with van der Waals surface area (Å²) in [4.78, 5) is 8.81. The molecule has 0 aliphatic heterocycles. The van der Waals surface area contributed by atoms with Crippen molar-refractivity contribution in [1.29, 1.82) is 5.41 Å². The Morgan fingerprint density at radius 2 is 2.05 bits per heavy atom. The third-order valence-electron chi connectivity index (χ3n) is 4.03. The first-order valence-electron chi connectivity index (χ1n) is 7.23. The molecule has 0 saturated carbocycles. The van der Waals surface area contributed by atoms with Crippen LogP contribution in [0.4, 0.5) is 0 Å². The molecule has 0 aliphatic carbocycles. The Kier molecular flexibility index (Phi) is 3.77. The number of nitrogens with zero attached hydrogens (tertiary/aromatic N) is 4. The minimum absolute atomic E-state index is 0.0574. The van der Waals surface area contributed by atoms with Gasteiger partial charge in [-0.2, -0.15) is 0 Å². The summed E-state index contributed by atoms with van der Waals surface area (Å²) < 4.78 is 3.76. The minimum atomic E-state index is 0.0574. The van der Waals surface area contributed by atoms with Crippen LogP contribution in [0.25, 0.3) is 11.0 Å². The lowest BCUT2D eigenvalue weighted by molar-refractivity contribution is 0.276. The van der Waals surface area contributed by atoms with E-state index in [9.17, 15) is 5.11 Å². The first kappa shape index (κ1) is 14.5. The summed E-state index contributed by atoms with van der Waals surface area (Å²) in [6, 6.07) is 5.75. The van der Waals surface area contributed by atoms with E-state index in [-0.39, 0.29) is 6.61 Å². The number of aryl methyl sites for hydroxylation is 1. The second kappa shape index (κ2) is 5.73. The number of pyridine rings is 1. The summed E-state index contributed by atoms with van der Waals surface area (Å²) >= 11 is 0. The molecule has 2 N–H and O–H groups in total. The van der Waals surface area contributed by atoms with Crippen LogP contribution in [0.1, 0.15) is 17.0 Å². The van der Waals surface area contributed by atoms with Crippen LogP contribution in [0.2, 0.25) is 0 Å². The van der Waals surface area contributed by atoms with Gasteiger partial charge in [0, 0.05) is 18.4 Å². The van der Waals surface area contributed by atoms with Crippen LogP contribution in [-0.2, 0) is 13.1 Å². The van der Waals surface area contributed by atoms with E-state index >= 15 is 0 Å². The summed E-state index contributed by atoms with van der Waals surface area (Å²) in [6.45, 7) is 5.06. The van der Waals surface area contributed by atoms with Crippen molar-refractivity contribution in [2.45, 2.75) is 26.9 Å². The van der Waals surface area contributed by atoms with E-state index in [0.29, 0.717) is 18.6 Å². The fourth-order valence-electron chi connectivity index (χ4n) is 2.75. The minimum Gasteiger partial charge on any atom is -0.395 e. The number of fused-ring (bicyclic) bond motifs is 1. The zero-order valence-corrected chi connectivity index (χ0v) is 12.7. The number of hydrogen-bond donors (Lipinski definition) is 2. The van der Waals surface area contributed by atoms with Gasteiger partial charge in [0.15, 0.2) is 0 Å². The van der Waals surface area contributed by atoms with Crippen LogP contribution in [-0.4, -0.2) is 30.8 Å². The molecule has 0 aliphatic rings. The first-order valence-corrected chi connectivity index (χ1v) is 7.23. The van der Waals surface area contributed by atoms with E-state index in [2.05, 4.69) is 9.97 Å². The smallest absolute Gasteiger partial charge is 0.145 e. The highest BCUT2D eigenvalue weighted by atomic mass is 16.3. The molecule has 0 aromatic carbocycles. The lowest BCUT2D eigenvalue weighted by Gasteiger charge is -2.08. The van der Waals surface area contributed by atoms with E-state index in [1.165, 1.54) is 0 Å². The molecule has 0 bridgehead atoms. The molecule has 6 heteroatoms. The molecule has 3 heterocycles. The molecular formula is C16H19N5O. The summed E-state index contributed by atoms with van der Waals surface area (Å²) in [5, 5.41) is 18.6. The van der Waals surface area contributed by atoms with E-state index in [1.807, 2.05) is 36.6 Å². The van der Waals surface area contributed by atoms with Gasteiger partial charge in [0.25, 0.3) is 0 Å². The Morgan fingerprint density at radius 3 is 2.73 bits per heavy atom. The van der Waals surface area contributed by atoms with Gasteiger partial charge < -0.3 is 14.2 Å². The standard InChI is InChI=1S/C16H19N5O/c1-11-12(2)21(7-8-22)16-14(11)15(17)20(10-19-16)9-13-5-3-4-6-18-13/h3-6,10,17,22H,7-9H2,1-2H3. The molecule has 0 unspecified atom stereocenters. The van der Waals surface area contributed by atoms with E-state index < -0.39 is 0 Å². The Bertz CT molecular complexity index is 864. The van der Waals surface area contributed by atoms with E-state index in [1.54, 1.807) is 17.1 Å². The number of aromatic nitrogens is 4. The van der Waals surface area contributed by atoms with Crippen molar-refractivity contribution >= 4 is 11.0 Å². The van der Waals surface area contributed by atoms with Crippen LogP contribution in [0, 0.1) is 19.3 Å². The molecule has 3 aromatic heterocycles. The molecule has 0 spiro atoms. The first-order chi connectivity index (χ1) is 10.6. The van der Waals surface area contributed by atoms with Gasteiger partial charge in [-0.3, -0.25) is 10.4 Å². The zero-order chi connectivity index (χ0) is 15.7. The third-order valence-corrected chi connectivity index (χ3v) is 4.03. The van der Waals surface area contributed by atoms with Gasteiger partial charge in [-0.05, 0) is 31.5 Å². The van der Waals surface area contributed by atoms with Crippen molar-refractivity contribution in [2.75, 3.05) is 6.61 Å². The van der Waals surface area contributed by atoms with Crippen molar-refractivity contribution in [3.05, 3.63) is 53.2 Å². The summed E-state index contributed by atoms with van der Waals surface area (Å²) in [6.07, 6.45) is 3.42. The van der Waals surface area contributed by atoms with Crippen LogP contribution in [0.5, 0.6) is 0 Å². The lowest BCUT2D eigenvalue weighted by atomic mass is 10.2. The third kappa shape index (κ3) is 2.31. The molecule has 0 atom stereocenters. The number of aliphatic hydroxyl groups excluding tert-OH is 1. The van der Waals surface area contributed by atoms with Crippen molar-refractivity contribution in [1.82, 2.24) is 19.1 Å². The number of hydrogen-bond acceptors (Lipinski definition) is 4. The highest BCUT2D eigenvalue weighted by Crippen LogP contribution is 2.20. The number of rotatable bonds is 4. The van der Waals surface area contributed by atoms with E-state index in [4.69, 9.17) is 5.41 Å². The maximum atomic E-state index is 9.22. The van der Waals surface area contributed by atoms with Crippen LogP contribution >= 0.6 is 0 Å². The number of nitrogens with one attached hydrogen (secondary N) is 1. The quantitative estimate of drug-likeness (QED) is 0.763. The fourth-order valence-corrected chi connectivity index (χ4v) is 2.75. The SMILES string of the molecule is Cc1c(C)n(CCO)c2ncn(Cc3ccccn3)c(=N)c12. The van der Waals surface area contributed by atoms with Gasteiger partial charge in [-0.15, -0.1) is 0 Å². The van der Waals surface area contributed by atoms with Gasteiger partial charge in [-0.25, -0.2) is 4.98 Å². The van der Waals surface area contributed by atoms with Crippen molar-refractivity contribution in [3.63, 3.8) is 0 Å². The second-order valence-corrected chi connectivity index (χ2v) is 5.33. The molecule has 0 amide bonds. The highest BCUT2D eigenvalue weighted by Gasteiger charge is 2.14. The molecule has 3 aromatic rings. The summed E-state index contributed by atoms with van der Waals surface area (Å²) in [7, 11) is 0. The molecule has 0 fully saturated rings. The molecule has 114 valence electrons. The van der Waals surface area contributed by atoms with Gasteiger partial charge in [0.05, 0.1) is 30.6 Å². The molecule has 0 saturated heterocycles. The molecule has 22 heavy (non-hydrogen) atoms. The maximum Gasteiger partial charge on any atom is 0.145 e. The van der Waals surface area contributed by atoms with Crippen molar-refractivity contribution in [3.8, 4) is 0 Å². The van der Waals surface area contributed by atoms with Gasteiger partial charge >= 0.3 is 0 Å². The van der Waals surface area contributed by atoms with Gasteiger partial charge in [0.1, 0.15) is 11.1 Å². The Hall–Kier alpha value is -2.47. The topological polar surface area (TPSA) is 79.7 Å². The molecule has 0 radical (unpaired) electrons. The second-order valence-electron chi connectivity index (χ2n) is 5.33. The summed E-state index contributed by atoms with van der Waals surface area (Å²) in [5.74, 6) is 0. The Balaban J connectivity index is 2.14. The van der Waals surface area contributed by atoms with Crippen LogP contribution < -0.4 is 5.49 Å². The monoisotopic (exact) mass is 297 g/mol. The van der Waals surface area contributed by atoms with Crippen molar-refractivity contribution in [2.24, 2.45) is 0 Å².